The second-order valence-electron chi connectivity index (χ2n) is 9.12. The van der Waals surface area contributed by atoms with Crippen LogP contribution in [0, 0.1) is 0 Å². The van der Waals surface area contributed by atoms with E-state index in [0.717, 1.165) is 29.9 Å². The van der Waals surface area contributed by atoms with Gasteiger partial charge in [-0.05, 0) is 62.9 Å². The molecule has 0 heterocycles. The minimum atomic E-state index is -0.602. The van der Waals surface area contributed by atoms with Crippen LogP contribution in [-0.4, -0.2) is 47.8 Å². The average Bonchev–Trinajstić information content (AvgIpc) is 2.74. The maximum absolute atomic E-state index is 12.0. The van der Waals surface area contributed by atoms with Gasteiger partial charge in [0.2, 0.25) is 0 Å². The van der Waals surface area contributed by atoms with Gasteiger partial charge < -0.3 is 24.7 Å². The lowest BCUT2D eigenvalue weighted by Crippen LogP contribution is -2.27. The van der Waals surface area contributed by atoms with Crippen molar-refractivity contribution in [2.24, 2.45) is 5.16 Å². The number of aromatic hydroxyl groups is 1. The topological polar surface area (TPSA) is 91.6 Å². The van der Waals surface area contributed by atoms with E-state index in [2.05, 4.69) is 50.7 Å². The Balaban J connectivity index is 2.25. The lowest BCUT2D eigenvalue weighted by atomic mass is 9.84. The highest BCUT2D eigenvalue weighted by atomic mass is 16.5. The van der Waals surface area contributed by atoms with Gasteiger partial charge in [-0.15, -0.1) is 0 Å². The summed E-state index contributed by atoms with van der Waals surface area (Å²) in [6, 6.07) is 10.4. The van der Waals surface area contributed by atoms with Gasteiger partial charge in [0.1, 0.15) is 29.4 Å². The van der Waals surface area contributed by atoms with Crippen molar-refractivity contribution < 1.29 is 24.6 Å². The van der Waals surface area contributed by atoms with Gasteiger partial charge in [-0.25, -0.2) is 4.79 Å². The summed E-state index contributed by atoms with van der Waals surface area (Å²) in [5.74, 6) is -0.501. The zero-order chi connectivity index (χ0) is 24.8. The van der Waals surface area contributed by atoms with Crippen molar-refractivity contribution >= 4 is 17.4 Å². The third-order valence-electron chi connectivity index (χ3n) is 5.27. The van der Waals surface area contributed by atoms with Gasteiger partial charge in [0.05, 0.1) is 6.10 Å². The first kappa shape index (κ1) is 26.0. The van der Waals surface area contributed by atoms with Crippen molar-refractivity contribution in [3.8, 4) is 11.5 Å². The number of esters is 1. The molecule has 2 aromatic rings. The molecule has 0 atom stereocenters. The molecule has 0 spiro atoms. The Morgan fingerprint density at radius 1 is 1.09 bits per heavy atom. The van der Waals surface area contributed by atoms with E-state index in [1.165, 1.54) is 12.1 Å². The number of carbonyl (C=O) groups is 1. The van der Waals surface area contributed by atoms with E-state index in [1.54, 1.807) is 19.9 Å². The summed E-state index contributed by atoms with van der Waals surface area (Å²) in [5, 5.41) is 23.3. The predicted molar refractivity (Wildman–Crippen MR) is 131 cm³/mol. The standard InChI is InChI=1S/C26H36N2O5/c1-8-28(9-2)23-13-10-18(14-21(23)26(5,6)7)22(27-31)16-32-19-11-12-20(24(29)15-19)25(30)33-17(3)4/h10-15,17,29,31H,8-9,16H2,1-7H3/b27-22+. The Morgan fingerprint density at radius 2 is 1.76 bits per heavy atom. The molecule has 0 aliphatic carbocycles. The van der Waals surface area contributed by atoms with Crippen LogP contribution in [-0.2, 0) is 10.2 Å². The zero-order valence-electron chi connectivity index (χ0n) is 20.7. The van der Waals surface area contributed by atoms with Crippen molar-refractivity contribution in [1.29, 1.82) is 0 Å². The average molecular weight is 457 g/mol. The van der Waals surface area contributed by atoms with Crippen molar-refractivity contribution in [3.05, 3.63) is 53.1 Å². The fourth-order valence-electron chi connectivity index (χ4n) is 3.53. The molecule has 0 unspecified atom stereocenters. The van der Waals surface area contributed by atoms with Crippen LogP contribution in [0.4, 0.5) is 5.69 Å². The summed E-state index contributed by atoms with van der Waals surface area (Å²) in [5.41, 5.74) is 3.36. The third-order valence-corrected chi connectivity index (χ3v) is 5.27. The van der Waals surface area contributed by atoms with Crippen molar-refractivity contribution in [2.45, 2.75) is 60.0 Å². The number of carbonyl (C=O) groups excluding carboxylic acids is 1. The minimum Gasteiger partial charge on any atom is -0.507 e. The highest BCUT2D eigenvalue weighted by molar-refractivity contribution is 6.02. The zero-order valence-corrected chi connectivity index (χ0v) is 20.7. The molecule has 0 saturated carbocycles. The smallest absolute Gasteiger partial charge is 0.342 e. The van der Waals surface area contributed by atoms with Crippen molar-refractivity contribution in [1.82, 2.24) is 0 Å². The largest absolute Gasteiger partial charge is 0.507 e. The van der Waals surface area contributed by atoms with Gasteiger partial charge in [0.15, 0.2) is 0 Å². The molecule has 7 heteroatoms. The van der Waals surface area contributed by atoms with Gasteiger partial charge in [-0.3, -0.25) is 0 Å². The predicted octanol–water partition coefficient (Wildman–Crippen LogP) is 5.36. The number of oxime groups is 1. The number of rotatable bonds is 9. The summed E-state index contributed by atoms with van der Waals surface area (Å²) in [6.07, 6.45) is -0.290. The number of ether oxygens (including phenoxy) is 2. The monoisotopic (exact) mass is 456 g/mol. The van der Waals surface area contributed by atoms with Crippen LogP contribution in [0.1, 0.15) is 70.0 Å². The molecule has 0 amide bonds. The van der Waals surface area contributed by atoms with Crippen LogP contribution in [0.2, 0.25) is 0 Å². The summed E-state index contributed by atoms with van der Waals surface area (Å²) < 4.78 is 10.9. The Labute approximate surface area is 196 Å². The fourth-order valence-corrected chi connectivity index (χ4v) is 3.53. The van der Waals surface area contributed by atoms with E-state index in [1.807, 2.05) is 12.1 Å². The first-order chi connectivity index (χ1) is 15.5. The number of anilines is 1. The van der Waals surface area contributed by atoms with Gasteiger partial charge in [0, 0.05) is 30.4 Å². The van der Waals surface area contributed by atoms with Crippen LogP contribution in [0.5, 0.6) is 11.5 Å². The number of benzene rings is 2. The third kappa shape index (κ3) is 6.63. The van der Waals surface area contributed by atoms with E-state index in [9.17, 15) is 15.1 Å². The lowest BCUT2D eigenvalue weighted by Gasteiger charge is -2.30. The molecule has 7 nitrogen and oxygen atoms in total. The van der Waals surface area contributed by atoms with Gasteiger partial charge in [0.25, 0.3) is 0 Å². The number of phenolic OH excluding ortho intramolecular Hbond substituents is 1. The molecule has 0 aromatic heterocycles. The molecule has 0 aliphatic rings. The van der Waals surface area contributed by atoms with Crippen LogP contribution >= 0.6 is 0 Å². The lowest BCUT2D eigenvalue weighted by molar-refractivity contribution is 0.0374. The molecule has 33 heavy (non-hydrogen) atoms. The van der Waals surface area contributed by atoms with E-state index < -0.39 is 5.97 Å². The molecule has 0 fully saturated rings. The summed E-state index contributed by atoms with van der Waals surface area (Å²) in [4.78, 5) is 14.3. The Bertz CT molecular complexity index is 989. The second kappa shape index (κ2) is 11.1. The molecule has 2 N–H and O–H groups in total. The summed E-state index contributed by atoms with van der Waals surface area (Å²) >= 11 is 0. The van der Waals surface area contributed by atoms with E-state index in [-0.39, 0.29) is 29.4 Å². The maximum atomic E-state index is 12.0. The molecule has 0 aliphatic heterocycles. The molecule has 0 bridgehead atoms. The maximum Gasteiger partial charge on any atom is 0.342 e. The fraction of sp³-hybridized carbons (Fsp3) is 0.462. The van der Waals surface area contributed by atoms with Crippen molar-refractivity contribution in [2.75, 3.05) is 24.6 Å². The Hall–Kier alpha value is -3.22. The molecule has 0 radical (unpaired) electrons. The summed E-state index contributed by atoms with van der Waals surface area (Å²) in [7, 11) is 0. The number of hydrogen-bond acceptors (Lipinski definition) is 7. The molecule has 2 rings (SSSR count). The van der Waals surface area contributed by atoms with Crippen LogP contribution in [0.25, 0.3) is 0 Å². The highest BCUT2D eigenvalue weighted by Crippen LogP contribution is 2.33. The van der Waals surface area contributed by atoms with E-state index in [4.69, 9.17) is 9.47 Å². The number of nitrogens with zero attached hydrogens (tertiary/aromatic N) is 2. The van der Waals surface area contributed by atoms with Gasteiger partial charge in [-0.1, -0.05) is 32.0 Å². The highest BCUT2D eigenvalue weighted by Gasteiger charge is 2.22. The normalized spacial score (nSPS) is 12.1. The van der Waals surface area contributed by atoms with Gasteiger partial charge in [-0.2, -0.15) is 0 Å². The Kier molecular flexibility index (Phi) is 8.74. The number of phenols is 1. The molecule has 180 valence electrons. The minimum absolute atomic E-state index is 0.0140. The quantitative estimate of drug-likeness (QED) is 0.228. The first-order valence-electron chi connectivity index (χ1n) is 11.3. The summed E-state index contributed by atoms with van der Waals surface area (Å²) in [6.45, 7) is 16.0. The first-order valence-corrected chi connectivity index (χ1v) is 11.3. The van der Waals surface area contributed by atoms with Gasteiger partial charge >= 0.3 is 5.97 Å². The van der Waals surface area contributed by atoms with Crippen LogP contribution < -0.4 is 9.64 Å². The molecular formula is C26H36N2O5. The number of hydrogen-bond donors (Lipinski definition) is 2. The Morgan fingerprint density at radius 3 is 2.27 bits per heavy atom. The van der Waals surface area contributed by atoms with Crippen LogP contribution in [0.3, 0.4) is 0 Å². The van der Waals surface area contributed by atoms with Crippen molar-refractivity contribution in [3.63, 3.8) is 0 Å². The molecular weight excluding hydrogens is 420 g/mol. The second-order valence-corrected chi connectivity index (χ2v) is 9.12. The van der Waals surface area contributed by atoms with Crippen LogP contribution in [0.15, 0.2) is 41.6 Å². The SMILES string of the molecule is CCN(CC)c1ccc(/C(COc2ccc(C(=O)OC(C)C)c(O)c2)=N/O)cc1C(C)(C)C. The molecule has 2 aromatic carbocycles. The molecule has 0 saturated heterocycles. The van der Waals surface area contributed by atoms with E-state index in [0.29, 0.717) is 11.5 Å². The van der Waals surface area contributed by atoms with E-state index >= 15 is 0 Å².